The largest absolute Gasteiger partial charge is 0.505 e. The maximum Gasteiger partial charge on any atom is 0.204 e. The van der Waals surface area contributed by atoms with E-state index in [1.807, 2.05) is 0 Å². The van der Waals surface area contributed by atoms with Crippen molar-refractivity contribution in [3.63, 3.8) is 0 Å². The standard InChI is InChI=1S/C11H12F2O2S/c12-10-7(14)4-5-8(11(10)13)15-9-3-1-2-6-16-9/h4-5,9,14H,1-3,6H2/t9-/m1/s1. The number of hydrogen-bond acceptors (Lipinski definition) is 3. The van der Waals surface area contributed by atoms with Crippen LogP contribution in [0.4, 0.5) is 8.78 Å². The Bertz CT molecular complexity index is 378. The van der Waals surface area contributed by atoms with Crippen LogP contribution in [0.1, 0.15) is 19.3 Å². The van der Waals surface area contributed by atoms with Gasteiger partial charge in [-0.1, -0.05) is 0 Å². The van der Waals surface area contributed by atoms with Gasteiger partial charge in [-0.25, -0.2) is 0 Å². The van der Waals surface area contributed by atoms with E-state index in [-0.39, 0.29) is 11.2 Å². The monoisotopic (exact) mass is 246 g/mol. The third-order valence-corrected chi connectivity index (χ3v) is 3.65. The van der Waals surface area contributed by atoms with Gasteiger partial charge >= 0.3 is 0 Å². The van der Waals surface area contributed by atoms with Crippen molar-refractivity contribution in [1.82, 2.24) is 0 Å². The number of aromatic hydroxyl groups is 1. The Balaban J connectivity index is 2.11. The maximum atomic E-state index is 13.3. The lowest BCUT2D eigenvalue weighted by Crippen LogP contribution is -2.17. The summed E-state index contributed by atoms with van der Waals surface area (Å²) < 4.78 is 31.7. The molecule has 1 fully saturated rings. The van der Waals surface area contributed by atoms with E-state index in [0.717, 1.165) is 31.1 Å². The normalized spacial score (nSPS) is 20.8. The number of halogens is 2. The smallest absolute Gasteiger partial charge is 0.204 e. The summed E-state index contributed by atoms with van der Waals surface area (Å²) in [5.74, 6) is -2.22. The van der Waals surface area contributed by atoms with E-state index < -0.39 is 17.4 Å². The van der Waals surface area contributed by atoms with E-state index in [2.05, 4.69) is 0 Å². The fraction of sp³-hybridized carbons (Fsp3) is 0.455. The Morgan fingerprint density at radius 2 is 2.06 bits per heavy atom. The summed E-state index contributed by atoms with van der Waals surface area (Å²) in [6.07, 6.45) is 3.02. The molecular weight excluding hydrogens is 234 g/mol. The van der Waals surface area contributed by atoms with Gasteiger partial charge in [0.05, 0.1) is 0 Å². The van der Waals surface area contributed by atoms with E-state index in [0.29, 0.717) is 0 Å². The van der Waals surface area contributed by atoms with E-state index in [9.17, 15) is 8.78 Å². The number of benzene rings is 1. The molecule has 1 heterocycles. The Morgan fingerprint density at radius 1 is 1.25 bits per heavy atom. The highest BCUT2D eigenvalue weighted by molar-refractivity contribution is 7.99. The van der Waals surface area contributed by atoms with Gasteiger partial charge in [0.15, 0.2) is 11.5 Å². The first-order valence-electron chi connectivity index (χ1n) is 5.13. The van der Waals surface area contributed by atoms with Gasteiger partial charge in [-0.05, 0) is 37.1 Å². The van der Waals surface area contributed by atoms with Gasteiger partial charge in [0.2, 0.25) is 11.6 Å². The Hall–Kier alpha value is -0.970. The first-order valence-corrected chi connectivity index (χ1v) is 6.18. The highest BCUT2D eigenvalue weighted by Gasteiger charge is 2.20. The molecule has 0 spiro atoms. The van der Waals surface area contributed by atoms with Gasteiger partial charge in [-0.2, -0.15) is 8.78 Å². The summed E-state index contributed by atoms with van der Waals surface area (Å²) in [5.41, 5.74) is -0.118. The molecule has 88 valence electrons. The molecule has 0 saturated carbocycles. The topological polar surface area (TPSA) is 29.5 Å². The van der Waals surface area contributed by atoms with E-state index >= 15 is 0 Å². The van der Waals surface area contributed by atoms with Crippen molar-refractivity contribution in [3.8, 4) is 11.5 Å². The van der Waals surface area contributed by atoms with Crippen molar-refractivity contribution < 1.29 is 18.6 Å². The summed E-state index contributed by atoms with van der Waals surface area (Å²) in [6, 6.07) is 2.35. The first-order chi connectivity index (χ1) is 7.68. The van der Waals surface area contributed by atoms with Crippen LogP contribution in [0, 0.1) is 11.6 Å². The van der Waals surface area contributed by atoms with Crippen molar-refractivity contribution in [3.05, 3.63) is 23.8 Å². The number of thioether (sulfide) groups is 1. The fourth-order valence-corrected chi connectivity index (χ4v) is 2.70. The number of rotatable bonds is 2. The van der Waals surface area contributed by atoms with Gasteiger partial charge in [0.1, 0.15) is 5.44 Å². The molecule has 0 aliphatic carbocycles. The molecule has 1 aliphatic heterocycles. The molecule has 1 saturated heterocycles. The molecule has 0 radical (unpaired) electrons. The van der Waals surface area contributed by atoms with Crippen LogP contribution in [0.2, 0.25) is 0 Å². The summed E-state index contributed by atoms with van der Waals surface area (Å²) in [7, 11) is 0. The molecule has 2 nitrogen and oxygen atoms in total. The molecule has 2 rings (SSSR count). The molecule has 0 aromatic heterocycles. The molecule has 5 heteroatoms. The lowest BCUT2D eigenvalue weighted by atomic mass is 10.2. The molecule has 16 heavy (non-hydrogen) atoms. The van der Waals surface area contributed by atoms with Crippen LogP contribution in [0.15, 0.2) is 12.1 Å². The van der Waals surface area contributed by atoms with E-state index in [1.165, 1.54) is 6.07 Å². The minimum atomic E-state index is -1.25. The Labute approximate surface area is 96.6 Å². The van der Waals surface area contributed by atoms with Gasteiger partial charge in [0.25, 0.3) is 0 Å². The average Bonchev–Trinajstić information content (AvgIpc) is 2.31. The molecule has 1 N–H and O–H groups in total. The van der Waals surface area contributed by atoms with Crippen molar-refractivity contribution >= 4 is 11.8 Å². The van der Waals surface area contributed by atoms with Crippen LogP contribution in [0.5, 0.6) is 11.5 Å². The van der Waals surface area contributed by atoms with Crippen LogP contribution >= 0.6 is 11.8 Å². The van der Waals surface area contributed by atoms with E-state index in [4.69, 9.17) is 9.84 Å². The second-order valence-electron chi connectivity index (χ2n) is 3.62. The second kappa shape index (κ2) is 4.91. The molecule has 1 aromatic rings. The number of ether oxygens (including phenoxy) is 1. The highest BCUT2D eigenvalue weighted by atomic mass is 32.2. The van der Waals surface area contributed by atoms with Crippen LogP contribution < -0.4 is 4.74 Å². The van der Waals surface area contributed by atoms with Gasteiger partial charge in [-0.15, -0.1) is 11.8 Å². The molecule has 0 bridgehead atoms. The zero-order chi connectivity index (χ0) is 11.5. The van der Waals surface area contributed by atoms with Gasteiger partial charge in [0, 0.05) is 0 Å². The molecule has 1 atom stereocenters. The van der Waals surface area contributed by atoms with Crippen molar-refractivity contribution in [2.24, 2.45) is 0 Å². The summed E-state index contributed by atoms with van der Waals surface area (Å²) in [6.45, 7) is 0. The Kier molecular flexibility index (Phi) is 3.53. The van der Waals surface area contributed by atoms with E-state index in [1.54, 1.807) is 11.8 Å². The minimum absolute atomic E-state index is 0.118. The molecular formula is C11H12F2O2S. The van der Waals surface area contributed by atoms with Crippen molar-refractivity contribution in [1.29, 1.82) is 0 Å². The fourth-order valence-electron chi connectivity index (χ4n) is 1.56. The summed E-state index contributed by atoms with van der Waals surface area (Å²) in [4.78, 5) is 0. The number of phenolic OH excluding ortho intramolecular Hbond substituents is 1. The van der Waals surface area contributed by atoms with Crippen LogP contribution in [0.3, 0.4) is 0 Å². The lowest BCUT2D eigenvalue weighted by molar-refractivity contribution is 0.250. The van der Waals surface area contributed by atoms with Gasteiger partial charge < -0.3 is 9.84 Å². The quantitative estimate of drug-likeness (QED) is 0.868. The Morgan fingerprint density at radius 3 is 2.75 bits per heavy atom. The molecule has 0 amide bonds. The zero-order valence-electron chi connectivity index (χ0n) is 8.58. The number of phenols is 1. The number of hydrogen-bond donors (Lipinski definition) is 1. The molecule has 0 unspecified atom stereocenters. The minimum Gasteiger partial charge on any atom is -0.505 e. The summed E-state index contributed by atoms with van der Waals surface area (Å²) >= 11 is 1.60. The SMILES string of the molecule is Oc1ccc(O[C@H]2CCCCS2)c(F)c1F. The third kappa shape index (κ3) is 2.40. The average molecular weight is 246 g/mol. The first kappa shape index (κ1) is 11.5. The molecule has 1 aromatic carbocycles. The highest BCUT2D eigenvalue weighted by Crippen LogP contribution is 2.32. The van der Waals surface area contributed by atoms with Crippen LogP contribution in [-0.4, -0.2) is 16.3 Å². The lowest BCUT2D eigenvalue weighted by Gasteiger charge is -2.22. The predicted molar refractivity (Wildman–Crippen MR) is 58.7 cm³/mol. The van der Waals surface area contributed by atoms with Crippen molar-refractivity contribution in [2.45, 2.75) is 24.7 Å². The predicted octanol–water partition coefficient (Wildman–Crippen LogP) is 3.29. The summed E-state index contributed by atoms with van der Waals surface area (Å²) in [5, 5.41) is 8.95. The van der Waals surface area contributed by atoms with Crippen LogP contribution in [0.25, 0.3) is 0 Å². The van der Waals surface area contributed by atoms with Crippen LogP contribution in [-0.2, 0) is 0 Å². The maximum absolute atomic E-state index is 13.3. The second-order valence-corrected chi connectivity index (χ2v) is 4.89. The van der Waals surface area contributed by atoms with Gasteiger partial charge in [-0.3, -0.25) is 0 Å². The molecule has 1 aliphatic rings. The zero-order valence-corrected chi connectivity index (χ0v) is 9.40. The third-order valence-electron chi connectivity index (χ3n) is 2.42. The van der Waals surface area contributed by atoms with Crippen molar-refractivity contribution in [2.75, 3.05) is 5.75 Å².